The summed E-state index contributed by atoms with van der Waals surface area (Å²) in [5.74, 6) is -1.14. The highest BCUT2D eigenvalue weighted by Crippen LogP contribution is 2.14. The first-order valence-corrected chi connectivity index (χ1v) is 8.74. The van der Waals surface area contributed by atoms with E-state index < -0.39 is 21.7 Å². The Hall–Kier alpha value is -2.98. The zero-order valence-electron chi connectivity index (χ0n) is 12.8. The van der Waals surface area contributed by atoms with Crippen LogP contribution in [0.4, 0.5) is 0 Å². The van der Waals surface area contributed by atoms with E-state index in [9.17, 15) is 18.0 Å². The minimum absolute atomic E-state index is 0.0162. The molecule has 0 aliphatic heterocycles. The number of hydrogen-bond donors (Lipinski definition) is 4. The molecule has 3 aromatic rings. The van der Waals surface area contributed by atoms with Gasteiger partial charge in [0.25, 0.3) is 0 Å². The number of aromatic carboxylic acids is 1. The molecule has 2 heterocycles. The lowest BCUT2D eigenvalue weighted by Crippen LogP contribution is -2.26. The van der Waals surface area contributed by atoms with Crippen LogP contribution >= 0.6 is 0 Å². The van der Waals surface area contributed by atoms with E-state index in [0.717, 1.165) is 0 Å². The summed E-state index contributed by atoms with van der Waals surface area (Å²) in [6.45, 7) is 0.0557. The van der Waals surface area contributed by atoms with Gasteiger partial charge in [-0.3, -0.25) is 0 Å². The number of carboxylic acid groups (broad SMARTS) is 1. The van der Waals surface area contributed by atoms with Gasteiger partial charge in [-0.1, -0.05) is 6.07 Å². The molecule has 0 radical (unpaired) electrons. The number of carboxylic acids is 1. The number of sulfonamides is 1. The quantitative estimate of drug-likeness (QED) is 0.501. The second-order valence-electron chi connectivity index (χ2n) is 5.25. The molecule has 0 amide bonds. The molecule has 0 aliphatic carbocycles. The maximum absolute atomic E-state index is 12.3. The van der Waals surface area contributed by atoms with E-state index in [-0.39, 0.29) is 23.6 Å². The van der Waals surface area contributed by atoms with Crippen molar-refractivity contribution in [1.82, 2.24) is 19.7 Å². The molecule has 0 spiro atoms. The van der Waals surface area contributed by atoms with E-state index in [0.29, 0.717) is 16.7 Å². The van der Waals surface area contributed by atoms with Gasteiger partial charge in [0.15, 0.2) is 0 Å². The smallest absolute Gasteiger partial charge is 0.354 e. The van der Waals surface area contributed by atoms with Gasteiger partial charge in [-0.2, -0.15) is 0 Å². The predicted octanol–water partition coefficient (Wildman–Crippen LogP) is 0.470. The van der Waals surface area contributed by atoms with Crippen LogP contribution in [0.2, 0.25) is 0 Å². The second kappa shape index (κ2) is 6.49. The number of carbonyl (C=O) groups is 1. The van der Waals surface area contributed by atoms with Crippen LogP contribution in [0.25, 0.3) is 11.0 Å². The van der Waals surface area contributed by atoms with Gasteiger partial charge in [-0.25, -0.2) is 27.7 Å². The zero-order chi connectivity index (χ0) is 18.0. The molecule has 1 aromatic carbocycles. The van der Waals surface area contributed by atoms with Crippen LogP contribution in [0.15, 0.2) is 46.1 Å². The van der Waals surface area contributed by atoms with Gasteiger partial charge in [0, 0.05) is 18.7 Å². The summed E-state index contributed by atoms with van der Waals surface area (Å²) in [4.78, 5) is 31.1. The third-order valence-corrected chi connectivity index (χ3v) is 4.96. The Morgan fingerprint density at radius 3 is 2.68 bits per heavy atom. The fourth-order valence-electron chi connectivity index (χ4n) is 2.31. The van der Waals surface area contributed by atoms with Crippen LogP contribution in [0.1, 0.15) is 16.2 Å². The summed E-state index contributed by atoms with van der Waals surface area (Å²) >= 11 is 0. The van der Waals surface area contributed by atoms with E-state index in [1.165, 1.54) is 24.3 Å². The summed E-state index contributed by atoms with van der Waals surface area (Å²) in [5, 5.41) is 8.90. The Labute approximate surface area is 141 Å². The molecule has 25 heavy (non-hydrogen) atoms. The van der Waals surface area contributed by atoms with E-state index in [1.54, 1.807) is 12.1 Å². The molecule has 10 heteroatoms. The molecule has 0 fully saturated rings. The van der Waals surface area contributed by atoms with E-state index >= 15 is 0 Å². The van der Waals surface area contributed by atoms with Gasteiger partial charge in [0.1, 0.15) is 5.69 Å². The van der Waals surface area contributed by atoms with Crippen LogP contribution in [0.5, 0.6) is 0 Å². The average Bonchev–Trinajstić information content (AvgIpc) is 2.94. The van der Waals surface area contributed by atoms with Gasteiger partial charge in [0.05, 0.1) is 15.9 Å². The highest BCUT2D eigenvalue weighted by atomic mass is 32.2. The van der Waals surface area contributed by atoms with Crippen molar-refractivity contribution in [3.8, 4) is 0 Å². The van der Waals surface area contributed by atoms with Crippen molar-refractivity contribution in [1.29, 1.82) is 0 Å². The standard InChI is InChI=1S/C15H14N4O5S/c20-14(21)12-3-1-2-9(17-12)6-7-16-25(23,24)10-4-5-11-13(8-10)19-15(22)18-11/h1-5,8,16H,6-7H2,(H,20,21)(H2,18,19,22). The Morgan fingerprint density at radius 2 is 1.92 bits per heavy atom. The highest BCUT2D eigenvalue weighted by molar-refractivity contribution is 7.89. The number of hydrogen-bond acceptors (Lipinski definition) is 5. The van der Waals surface area contributed by atoms with Gasteiger partial charge in [-0.15, -0.1) is 0 Å². The molecule has 130 valence electrons. The van der Waals surface area contributed by atoms with Crippen molar-refractivity contribution < 1.29 is 18.3 Å². The van der Waals surface area contributed by atoms with Gasteiger partial charge >= 0.3 is 11.7 Å². The summed E-state index contributed by atoms with van der Waals surface area (Å²) in [6.07, 6.45) is 0.240. The molecule has 2 aromatic heterocycles. The van der Waals surface area contributed by atoms with E-state index in [1.807, 2.05) is 0 Å². The lowest BCUT2D eigenvalue weighted by Gasteiger charge is -2.07. The Morgan fingerprint density at radius 1 is 1.16 bits per heavy atom. The van der Waals surface area contributed by atoms with E-state index in [4.69, 9.17) is 5.11 Å². The second-order valence-corrected chi connectivity index (χ2v) is 7.02. The van der Waals surface area contributed by atoms with Crippen LogP contribution in [-0.4, -0.2) is 41.0 Å². The van der Waals surface area contributed by atoms with Crippen LogP contribution in [0, 0.1) is 0 Å². The molecule has 0 unspecified atom stereocenters. The van der Waals surface area contributed by atoms with Crippen molar-refractivity contribution in [3.05, 3.63) is 58.3 Å². The summed E-state index contributed by atoms with van der Waals surface area (Å²) in [6, 6.07) is 8.78. The highest BCUT2D eigenvalue weighted by Gasteiger charge is 2.15. The molecule has 0 bridgehead atoms. The normalized spacial score (nSPS) is 11.7. The van der Waals surface area contributed by atoms with E-state index in [2.05, 4.69) is 19.7 Å². The molecule has 9 nitrogen and oxygen atoms in total. The molecule has 0 saturated carbocycles. The fourth-order valence-corrected chi connectivity index (χ4v) is 3.37. The number of H-pyrrole nitrogens is 2. The molecule has 4 N–H and O–H groups in total. The van der Waals surface area contributed by atoms with Gasteiger partial charge in [-0.05, 0) is 30.3 Å². The van der Waals surface area contributed by atoms with Crippen LogP contribution < -0.4 is 10.4 Å². The molecular formula is C15H14N4O5S. The third-order valence-electron chi connectivity index (χ3n) is 3.50. The zero-order valence-corrected chi connectivity index (χ0v) is 13.6. The fraction of sp³-hybridized carbons (Fsp3) is 0.133. The third kappa shape index (κ3) is 3.75. The maximum atomic E-state index is 12.3. The minimum Gasteiger partial charge on any atom is -0.477 e. The maximum Gasteiger partial charge on any atom is 0.354 e. The Bertz CT molecular complexity index is 1100. The first-order chi connectivity index (χ1) is 11.8. The number of benzene rings is 1. The molecule has 0 atom stereocenters. The van der Waals surface area contributed by atoms with Crippen molar-refractivity contribution in [3.63, 3.8) is 0 Å². The number of fused-ring (bicyclic) bond motifs is 1. The number of nitrogens with zero attached hydrogens (tertiary/aromatic N) is 1. The monoisotopic (exact) mass is 362 g/mol. The summed E-state index contributed by atoms with van der Waals surface area (Å²) in [7, 11) is -3.77. The Balaban J connectivity index is 1.71. The first kappa shape index (κ1) is 16.9. The topological polar surface area (TPSA) is 145 Å². The van der Waals surface area contributed by atoms with Gasteiger partial charge < -0.3 is 15.1 Å². The molecule has 0 saturated heterocycles. The number of rotatable bonds is 6. The number of aromatic amines is 2. The van der Waals surface area contributed by atoms with Crippen LogP contribution in [0.3, 0.4) is 0 Å². The number of imidazole rings is 1. The number of aromatic nitrogens is 3. The Kier molecular flexibility index (Phi) is 4.38. The van der Waals surface area contributed by atoms with Crippen molar-refractivity contribution in [2.24, 2.45) is 0 Å². The van der Waals surface area contributed by atoms with Crippen molar-refractivity contribution in [2.75, 3.05) is 6.54 Å². The summed E-state index contributed by atoms with van der Waals surface area (Å²) in [5.41, 5.74) is 0.861. The van der Waals surface area contributed by atoms with Crippen molar-refractivity contribution >= 4 is 27.0 Å². The van der Waals surface area contributed by atoms with Crippen LogP contribution in [-0.2, 0) is 16.4 Å². The summed E-state index contributed by atoms with van der Waals surface area (Å²) < 4.78 is 27.1. The van der Waals surface area contributed by atoms with Gasteiger partial charge in [0.2, 0.25) is 10.0 Å². The molecule has 0 aliphatic rings. The van der Waals surface area contributed by atoms with Crippen molar-refractivity contribution in [2.45, 2.75) is 11.3 Å². The average molecular weight is 362 g/mol. The minimum atomic E-state index is -3.77. The predicted molar refractivity (Wildman–Crippen MR) is 89.0 cm³/mol. The SMILES string of the molecule is O=C(O)c1cccc(CCNS(=O)(=O)c2ccc3[nH]c(=O)[nH]c3c2)n1. The molecular weight excluding hydrogens is 348 g/mol. The molecule has 3 rings (SSSR count). The lowest BCUT2D eigenvalue weighted by atomic mass is 10.2. The number of pyridine rings is 1. The largest absolute Gasteiger partial charge is 0.477 e. The lowest BCUT2D eigenvalue weighted by molar-refractivity contribution is 0.0690. The number of nitrogens with one attached hydrogen (secondary N) is 3. The first-order valence-electron chi connectivity index (χ1n) is 7.26.